The van der Waals surface area contributed by atoms with Crippen molar-refractivity contribution >= 4 is 22.1 Å². The highest BCUT2D eigenvalue weighted by Crippen LogP contribution is 2.35. The van der Waals surface area contributed by atoms with Gasteiger partial charge in [-0.1, -0.05) is 12.1 Å². The van der Waals surface area contributed by atoms with Gasteiger partial charge in [-0.2, -0.15) is 0 Å². The van der Waals surface area contributed by atoms with Crippen LogP contribution in [0, 0.1) is 0 Å². The zero-order valence-corrected chi connectivity index (χ0v) is 10.7. The Hall–Kier alpha value is -2.75. The van der Waals surface area contributed by atoms with E-state index in [2.05, 4.69) is 10.3 Å². The number of hydrogen-bond acceptors (Lipinski definition) is 4. The van der Waals surface area contributed by atoms with E-state index in [1.807, 2.05) is 48.7 Å². The predicted molar refractivity (Wildman–Crippen MR) is 77.6 cm³/mol. The van der Waals surface area contributed by atoms with Crippen molar-refractivity contribution in [3.63, 3.8) is 0 Å². The van der Waals surface area contributed by atoms with Gasteiger partial charge in [0.1, 0.15) is 0 Å². The van der Waals surface area contributed by atoms with E-state index in [0.29, 0.717) is 6.79 Å². The maximum absolute atomic E-state index is 5.39. The second-order valence-corrected chi connectivity index (χ2v) is 4.60. The Kier molecular flexibility index (Phi) is 2.45. The molecule has 4 heteroatoms. The van der Waals surface area contributed by atoms with E-state index in [0.717, 1.165) is 33.6 Å². The fraction of sp³-hybridized carbons (Fsp3) is 0.0625. The molecule has 3 aromatic rings. The first kappa shape index (κ1) is 11.1. The van der Waals surface area contributed by atoms with Gasteiger partial charge in [-0.3, -0.25) is 4.98 Å². The van der Waals surface area contributed by atoms with Crippen LogP contribution in [-0.2, 0) is 0 Å². The standard InChI is InChI=1S/C16H12N2O2/c1-2-11-9-17-7-6-13(11)14(3-1)18-12-4-5-15-16(8-12)20-10-19-15/h1-9,18H,10H2. The minimum absolute atomic E-state index is 0.290. The number of nitrogens with one attached hydrogen (secondary N) is 1. The Labute approximate surface area is 116 Å². The highest BCUT2D eigenvalue weighted by Gasteiger charge is 2.13. The first-order valence-corrected chi connectivity index (χ1v) is 6.39. The second-order valence-electron chi connectivity index (χ2n) is 4.60. The molecular weight excluding hydrogens is 252 g/mol. The molecule has 2 aromatic carbocycles. The first-order chi connectivity index (χ1) is 9.90. The average molecular weight is 264 g/mol. The SMILES string of the molecule is c1cc(Nc2ccc3c(c2)OCO3)c2ccncc2c1. The zero-order valence-electron chi connectivity index (χ0n) is 10.7. The van der Waals surface area contributed by atoms with Crippen molar-refractivity contribution in [2.24, 2.45) is 0 Å². The van der Waals surface area contributed by atoms with Crippen LogP contribution in [0.1, 0.15) is 0 Å². The fourth-order valence-corrected chi connectivity index (χ4v) is 2.36. The van der Waals surface area contributed by atoms with Crippen LogP contribution >= 0.6 is 0 Å². The van der Waals surface area contributed by atoms with Crippen LogP contribution in [0.5, 0.6) is 11.5 Å². The van der Waals surface area contributed by atoms with E-state index in [-0.39, 0.29) is 0 Å². The summed E-state index contributed by atoms with van der Waals surface area (Å²) in [7, 11) is 0. The van der Waals surface area contributed by atoms with Crippen LogP contribution in [0.4, 0.5) is 11.4 Å². The molecule has 0 aliphatic carbocycles. The molecule has 1 aromatic heterocycles. The lowest BCUT2D eigenvalue weighted by Crippen LogP contribution is -1.93. The Bertz CT molecular complexity index is 781. The number of ether oxygens (including phenoxy) is 2. The molecule has 98 valence electrons. The minimum Gasteiger partial charge on any atom is -0.454 e. The second kappa shape index (κ2) is 4.42. The van der Waals surface area contributed by atoms with Gasteiger partial charge in [-0.25, -0.2) is 0 Å². The third-order valence-electron chi connectivity index (χ3n) is 3.33. The Morgan fingerprint density at radius 3 is 2.95 bits per heavy atom. The van der Waals surface area contributed by atoms with E-state index in [1.54, 1.807) is 6.20 Å². The van der Waals surface area contributed by atoms with Gasteiger partial charge in [0, 0.05) is 40.6 Å². The summed E-state index contributed by atoms with van der Waals surface area (Å²) in [5.41, 5.74) is 2.02. The summed E-state index contributed by atoms with van der Waals surface area (Å²) in [6.45, 7) is 0.290. The van der Waals surface area contributed by atoms with Gasteiger partial charge < -0.3 is 14.8 Å². The highest BCUT2D eigenvalue weighted by molar-refractivity contribution is 5.94. The van der Waals surface area contributed by atoms with Crippen LogP contribution in [0.25, 0.3) is 10.8 Å². The zero-order chi connectivity index (χ0) is 13.4. The fourth-order valence-electron chi connectivity index (χ4n) is 2.36. The van der Waals surface area contributed by atoms with Gasteiger partial charge in [0.2, 0.25) is 6.79 Å². The third kappa shape index (κ3) is 1.82. The van der Waals surface area contributed by atoms with Crippen molar-refractivity contribution < 1.29 is 9.47 Å². The maximum Gasteiger partial charge on any atom is 0.231 e. The van der Waals surface area contributed by atoms with Gasteiger partial charge in [-0.05, 0) is 24.3 Å². The molecule has 0 bridgehead atoms. The smallest absolute Gasteiger partial charge is 0.231 e. The van der Waals surface area contributed by atoms with E-state index in [1.165, 1.54) is 0 Å². The van der Waals surface area contributed by atoms with Crippen LogP contribution in [0.2, 0.25) is 0 Å². The van der Waals surface area contributed by atoms with Crippen molar-refractivity contribution in [3.8, 4) is 11.5 Å². The summed E-state index contributed by atoms with van der Waals surface area (Å²) >= 11 is 0. The van der Waals surface area contributed by atoms with Crippen LogP contribution in [-0.4, -0.2) is 11.8 Å². The summed E-state index contributed by atoms with van der Waals surface area (Å²) in [6, 6.07) is 14.0. The molecule has 4 nitrogen and oxygen atoms in total. The molecule has 1 aliphatic heterocycles. The van der Waals surface area contributed by atoms with E-state index >= 15 is 0 Å². The molecule has 2 heterocycles. The Morgan fingerprint density at radius 2 is 1.95 bits per heavy atom. The quantitative estimate of drug-likeness (QED) is 0.766. The molecule has 4 rings (SSSR count). The first-order valence-electron chi connectivity index (χ1n) is 6.39. The lowest BCUT2D eigenvalue weighted by Gasteiger charge is -2.10. The normalized spacial score (nSPS) is 12.6. The largest absolute Gasteiger partial charge is 0.454 e. The van der Waals surface area contributed by atoms with Crippen molar-refractivity contribution in [2.75, 3.05) is 12.1 Å². The third-order valence-corrected chi connectivity index (χ3v) is 3.33. The molecule has 0 saturated carbocycles. The molecule has 0 saturated heterocycles. The summed E-state index contributed by atoms with van der Waals surface area (Å²) in [6.07, 6.45) is 3.66. The van der Waals surface area contributed by atoms with Gasteiger partial charge in [0.25, 0.3) is 0 Å². The highest BCUT2D eigenvalue weighted by atomic mass is 16.7. The molecule has 0 radical (unpaired) electrons. The molecular formula is C16H12N2O2. The molecule has 1 aliphatic rings. The number of pyridine rings is 1. The molecule has 0 spiro atoms. The van der Waals surface area contributed by atoms with Gasteiger partial charge in [0.05, 0.1) is 0 Å². The molecule has 0 atom stereocenters. The van der Waals surface area contributed by atoms with Crippen molar-refractivity contribution in [1.29, 1.82) is 0 Å². The number of fused-ring (bicyclic) bond motifs is 2. The topological polar surface area (TPSA) is 43.4 Å². The average Bonchev–Trinajstić information content (AvgIpc) is 2.95. The number of benzene rings is 2. The number of aromatic nitrogens is 1. The lowest BCUT2D eigenvalue weighted by molar-refractivity contribution is 0.174. The summed E-state index contributed by atoms with van der Waals surface area (Å²) in [5, 5.41) is 5.66. The molecule has 20 heavy (non-hydrogen) atoms. The monoisotopic (exact) mass is 264 g/mol. The molecule has 0 fully saturated rings. The maximum atomic E-state index is 5.39. The summed E-state index contributed by atoms with van der Waals surface area (Å²) in [4.78, 5) is 4.14. The van der Waals surface area contributed by atoms with Crippen LogP contribution in [0.15, 0.2) is 54.9 Å². The van der Waals surface area contributed by atoms with E-state index in [9.17, 15) is 0 Å². The molecule has 0 amide bonds. The molecule has 1 N–H and O–H groups in total. The Morgan fingerprint density at radius 1 is 1.00 bits per heavy atom. The minimum atomic E-state index is 0.290. The van der Waals surface area contributed by atoms with Gasteiger partial charge >= 0.3 is 0 Å². The number of hydrogen-bond donors (Lipinski definition) is 1. The van der Waals surface area contributed by atoms with Crippen molar-refractivity contribution in [1.82, 2.24) is 4.98 Å². The molecule has 0 unspecified atom stereocenters. The van der Waals surface area contributed by atoms with Gasteiger partial charge in [-0.15, -0.1) is 0 Å². The number of nitrogens with zero attached hydrogens (tertiary/aromatic N) is 1. The Balaban J connectivity index is 1.74. The van der Waals surface area contributed by atoms with Gasteiger partial charge in [0.15, 0.2) is 11.5 Å². The van der Waals surface area contributed by atoms with Crippen molar-refractivity contribution in [2.45, 2.75) is 0 Å². The number of rotatable bonds is 2. The van der Waals surface area contributed by atoms with E-state index < -0.39 is 0 Å². The van der Waals surface area contributed by atoms with Crippen LogP contribution in [0.3, 0.4) is 0 Å². The van der Waals surface area contributed by atoms with E-state index in [4.69, 9.17) is 9.47 Å². The summed E-state index contributed by atoms with van der Waals surface area (Å²) < 4.78 is 10.7. The number of anilines is 2. The lowest BCUT2D eigenvalue weighted by atomic mass is 10.1. The van der Waals surface area contributed by atoms with Crippen molar-refractivity contribution in [3.05, 3.63) is 54.9 Å². The predicted octanol–water partition coefficient (Wildman–Crippen LogP) is 3.71. The van der Waals surface area contributed by atoms with Crippen LogP contribution < -0.4 is 14.8 Å². The summed E-state index contributed by atoms with van der Waals surface area (Å²) in [5.74, 6) is 1.56.